The molecule has 1 N–H and O–H groups in total. The van der Waals surface area contributed by atoms with E-state index >= 15 is 0 Å². The molecule has 2 aromatic heterocycles. The van der Waals surface area contributed by atoms with Crippen LogP contribution in [0.15, 0.2) is 47.4 Å². The summed E-state index contributed by atoms with van der Waals surface area (Å²) in [6, 6.07) is 10.2. The average molecular weight is 352 g/mol. The Kier molecular flexibility index (Phi) is 4.42. The van der Waals surface area contributed by atoms with E-state index in [1.54, 1.807) is 18.2 Å². The SMILES string of the molecule is Cc1cccnc1N1CCN(Cc2cc(=O)c3cccc(F)c3[nH]2)CC1. The first kappa shape index (κ1) is 16.7. The summed E-state index contributed by atoms with van der Waals surface area (Å²) in [5, 5.41) is 0.393. The van der Waals surface area contributed by atoms with Gasteiger partial charge in [0.05, 0.1) is 5.52 Å². The van der Waals surface area contributed by atoms with Crippen molar-refractivity contribution in [2.75, 3.05) is 31.1 Å². The number of H-pyrrole nitrogens is 1. The van der Waals surface area contributed by atoms with Crippen LogP contribution in [0.4, 0.5) is 10.2 Å². The van der Waals surface area contributed by atoms with Crippen LogP contribution in [0.2, 0.25) is 0 Å². The quantitative estimate of drug-likeness (QED) is 0.787. The first-order chi connectivity index (χ1) is 12.6. The molecule has 1 aliphatic rings. The number of hydrogen-bond donors (Lipinski definition) is 1. The minimum absolute atomic E-state index is 0.143. The number of aryl methyl sites for hydroxylation is 1. The number of rotatable bonds is 3. The molecule has 134 valence electrons. The van der Waals surface area contributed by atoms with Crippen molar-refractivity contribution < 1.29 is 4.39 Å². The Bertz CT molecular complexity index is 993. The number of para-hydroxylation sites is 1. The summed E-state index contributed by atoms with van der Waals surface area (Å²) in [6.45, 7) is 6.17. The van der Waals surface area contributed by atoms with Crippen LogP contribution >= 0.6 is 0 Å². The molecule has 1 saturated heterocycles. The van der Waals surface area contributed by atoms with E-state index in [2.05, 4.69) is 32.8 Å². The molecule has 0 aliphatic carbocycles. The minimum atomic E-state index is -0.392. The lowest BCUT2D eigenvalue weighted by Gasteiger charge is -2.35. The summed E-state index contributed by atoms with van der Waals surface area (Å²) in [5.41, 5.74) is 2.07. The molecule has 0 atom stereocenters. The van der Waals surface area contributed by atoms with Gasteiger partial charge in [0.1, 0.15) is 11.6 Å². The van der Waals surface area contributed by atoms with Crippen LogP contribution < -0.4 is 10.3 Å². The van der Waals surface area contributed by atoms with Gasteiger partial charge in [-0.05, 0) is 30.7 Å². The number of hydrogen-bond acceptors (Lipinski definition) is 4. The van der Waals surface area contributed by atoms with Crippen molar-refractivity contribution in [1.82, 2.24) is 14.9 Å². The normalized spacial score (nSPS) is 15.5. The van der Waals surface area contributed by atoms with Gasteiger partial charge >= 0.3 is 0 Å². The van der Waals surface area contributed by atoms with E-state index in [1.165, 1.54) is 11.6 Å². The third-order valence-electron chi connectivity index (χ3n) is 4.92. The molecule has 0 spiro atoms. The topological polar surface area (TPSA) is 52.2 Å². The van der Waals surface area contributed by atoms with E-state index in [-0.39, 0.29) is 10.9 Å². The maximum absolute atomic E-state index is 14.0. The standard InChI is InChI=1S/C20H21FN4O/c1-14-4-3-7-22-20(14)25-10-8-24(9-11-25)13-15-12-18(26)16-5-2-6-17(21)19(16)23-15/h2-7,12H,8-11,13H2,1H3,(H,23,26). The van der Waals surface area contributed by atoms with Gasteiger partial charge in [0.2, 0.25) is 0 Å². The van der Waals surface area contributed by atoms with Crippen LogP contribution in [0.25, 0.3) is 10.9 Å². The molecule has 0 unspecified atom stereocenters. The lowest BCUT2D eigenvalue weighted by atomic mass is 10.1. The van der Waals surface area contributed by atoms with Crippen LogP contribution in [0.5, 0.6) is 0 Å². The fraction of sp³-hybridized carbons (Fsp3) is 0.300. The summed E-state index contributed by atoms with van der Waals surface area (Å²) in [4.78, 5) is 24.4. The van der Waals surface area contributed by atoms with E-state index in [4.69, 9.17) is 0 Å². The number of fused-ring (bicyclic) bond motifs is 1. The maximum atomic E-state index is 14.0. The van der Waals surface area contributed by atoms with E-state index in [1.807, 2.05) is 12.3 Å². The van der Waals surface area contributed by atoms with E-state index in [0.29, 0.717) is 11.9 Å². The maximum Gasteiger partial charge on any atom is 0.189 e. The molecular formula is C20H21FN4O. The van der Waals surface area contributed by atoms with Gasteiger partial charge in [-0.1, -0.05) is 12.1 Å². The molecular weight excluding hydrogens is 331 g/mol. The van der Waals surface area contributed by atoms with Gasteiger partial charge in [0.15, 0.2) is 5.43 Å². The van der Waals surface area contributed by atoms with Gasteiger partial charge in [-0.25, -0.2) is 9.37 Å². The van der Waals surface area contributed by atoms with E-state index in [0.717, 1.165) is 37.7 Å². The Morgan fingerprint density at radius 3 is 2.73 bits per heavy atom. The van der Waals surface area contributed by atoms with E-state index < -0.39 is 5.82 Å². The van der Waals surface area contributed by atoms with Crippen molar-refractivity contribution in [1.29, 1.82) is 0 Å². The molecule has 26 heavy (non-hydrogen) atoms. The summed E-state index contributed by atoms with van der Waals surface area (Å²) in [7, 11) is 0. The number of aromatic amines is 1. The molecule has 0 saturated carbocycles. The smallest absolute Gasteiger partial charge is 0.189 e. The van der Waals surface area contributed by atoms with Gasteiger partial charge in [0, 0.05) is 56.1 Å². The molecule has 6 heteroatoms. The number of pyridine rings is 2. The second-order valence-electron chi connectivity index (χ2n) is 6.73. The second kappa shape index (κ2) is 6.88. The van der Waals surface area contributed by atoms with Crippen LogP contribution in [-0.2, 0) is 6.54 Å². The first-order valence-electron chi connectivity index (χ1n) is 8.81. The van der Waals surface area contributed by atoms with Gasteiger partial charge < -0.3 is 9.88 Å². The van der Waals surface area contributed by atoms with Crippen molar-refractivity contribution >= 4 is 16.7 Å². The highest BCUT2D eigenvalue weighted by molar-refractivity contribution is 5.78. The number of nitrogens with one attached hydrogen (secondary N) is 1. The molecule has 0 amide bonds. The minimum Gasteiger partial charge on any atom is -0.355 e. The molecule has 1 fully saturated rings. The highest BCUT2D eigenvalue weighted by atomic mass is 19.1. The first-order valence-corrected chi connectivity index (χ1v) is 8.81. The zero-order valence-electron chi connectivity index (χ0n) is 14.7. The summed E-state index contributed by atoms with van der Waals surface area (Å²) >= 11 is 0. The van der Waals surface area contributed by atoms with Crippen molar-refractivity contribution in [3.05, 3.63) is 69.9 Å². The number of anilines is 1. The van der Waals surface area contributed by atoms with Crippen LogP contribution in [0.3, 0.4) is 0 Å². The van der Waals surface area contributed by atoms with Crippen LogP contribution in [-0.4, -0.2) is 41.0 Å². The van der Waals surface area contributed by atoms with Crippen molar-refractivity contribution in [2.24, 2.45) is 0 Å². The lowest BCUT2D eigenvalue weighted by Crippen LogP contribution is -2.46. The van der Waals surface area contributed by atoms with E-state index in [9.17, 15) is 9.18 Å². The molecule has 0 radical (unpaired) electrons. The molecule has 4 rings (SSSR count). The fourth-order valence-electron chi connectivity index (χ4n) is 3.54. The molecule has 0 bridgehead atoms. The van der Waals surface area contributed by atoms with Gasteiger partial charge in [0.25, 0.3) is 0 Å². The molecule has 5 nitrogen and oxygen atoms in total. The summed E-state index contributed by atoms with van der Waals surface area (Å²) in [5.74, 6) is 0.644. The number of benzene rings is 1. The highest BCUT2D eigenvalue weighted by Crippen LogP contribution is 2.19. The fourth-order valence-corrected chi connectivity index (χ4v) is 3.54. The zero-order chi connectivity index (χ0) is 18.1. The number of nitrogens with zero attached hydrogens (tertiary/aromatic N) is 3. The number of halogens is 1. The third-order valence-corrected chi connectivity index (χ3v) is 4.92. The Labute approximate surface area is 151 Å². The van der Waals surface area contributed by atoms with Crippen LogP contribution in [0.1, 0.15) is 11.3 Å². The predicted octanol–water partition coefficient (Wildman–Crippen LogP) is 2.69. The monoisotopic (exact) mass is 352 g/mol. The number of piperazine rings is 1. The van der Waals surface area contributed by atoms with Gasteiger partial charge in [-0.2, -0.15) is 0 Å². The summed E-state index contributed by atoms with van der Waals surface area (Å²) < 4.78 is 14.0. The van der Waals surface area contributed by atoms with Gasteiger partial charge in [-0.3, -0.25) is 9.69 Å². The zero-order valence-corrected chi connectivity index (χ0v) is 14.7. The Hall–Kier alpha value is -2.73. The third kappa shape index (κ3) is 3.20. The van der Waals surface area contributed by atoms with Crippen molar-refractivity contribution in [3.63, 3.8) is 0 Å². The number of aromatic nitrogens is 2. The molecule has 1 aliphatic heterocycles. The van der Waals surface area contributed by atoms with Crippen molar-refractivity contribution in [2.45, 2.75) is 13.5 Å². The van der Waals surface area contributed by atoms with Gasteiger partial charge in [-0.15, -0.1) is 0 Å². The average Bonchev–Trinajstić information content (AvgIpc) is 2.64. The largest absolute Gasteiger partial charge is 0.355 e. The molecule has 3 aromatic rings. The highest BCUT2D eigenvalue weighted by Gasteiger charge is 2.19. The Balaban J connectivity index is 1.48. The summed E-state index contributed by atoms with van der Waals surface area (Å²) in [6.07, 6.45) is 1.82. The Morgan fingerprint density at radius 2 is 1.96 bits per heavy atom. The Morgan fingerprint density at radius 1 is 1.15 bits per heavy atom. The lowest BCUT2D eigenvalue weighted by molar-refractivity contribution is 0.246. The second-order valence-corrected chi connectivity index (χ2v) is 6.73. The van der Waals surface area contributed by atoms with Crippen molar-refractivity contribution in [3.8, 4) is 0 Å². The predicted molar refractivity (Wildman–Crippen MR) is 101 cm³/mol. The molecule has 3 heterocycles. The molecule has 1 aromatic carbocycles. The van der Waals surface area contributed by atoms with Crippen LogP contribution in [0, 0.1) is 12.7 Å².